The van der Waals surface area contributed by atoms with Crippen molar-refractivity contribution >= 4 is 21.9 Å². The lowest BCUT2D eigenvalue weighted by atomic mass is 10.0. The summed E-state index contributed by atoms with van der Waals surface area (Å²) < 4.78 is 35.1. The highest BCUT2D eigenvalue weighted by molar-refractivity contribution is 7.89. The Labute approximate surface area is 170 Å². The Kier molecular flexibility index (Phi) is 7.35. The average Bonchev–Trinajstić information content (AvgIpc) is 2.70. The van der Waals surface area contributed by atoms with Gasteiger partial charge in [-0.25, -0.2) is 13.2 Å². The third kappa shape index (κ3) is 5.78. The summed E-state index contributed by atoms with van der Waals surface area (Å²) in [6.07, 6.45) is 0. The lowest BCUT2D eigenvalue weighted by Crippen LogP contribution is -2.44. The van der Waals surface area contributed by atoms with Crippen molar-refractivity contribution in [1.82, 2.24) is 10.3 Å². The van der Waals surface area contributed by atoms with E-state index in [0.29, 0.717) is 5.75 Å². The lowest BCUT2D eigenvalue weighted by molar-refractivity contribution is -0.123. The van der Waals surface area contributed by atoms with Crippen LogP contribution in [0.15, 0.2) is 47.4 Å². The molecule has 29 heavy (non-hydrogen) atoms. The third-order valence-electron chi connectivity index (χ3n) is 4.06. The number of rotatable bonds is 8. The monoisotopic (exact) mass is 420 g/mol. The molecule has 2 aromatic carbocycles. The maximum atomic E-state index is 12.5. The number of sulfonamides is 1. The minimum absolute atomic E-state index is 0.144. The summed E-state index contributed by atoms with van der Waals surface area (Å²) >= 11 is 0. The molecule has 8 nitrogen and oxygen atoms in total. The molecule has 0 aliphatic heterocycles. The van der Waals surface area contributed by atoms with Gasteiger partial charge in [-0.1, -0.05) is 38.1 Å². The number of hydrogen-bond donors (Lipinski definition) is 2. The molecule has 1 amide bonds. The van der Waals surface area contributed by atoms with Crippen LogP contribution in [0.5, 0.6) is 5.75 Å². The van der Waals surface area contributed by atoms with Crippen LogP contribution in [0.2, 0.25) is 0 Å². The van der Waals surface area contributed by atoms with Crippen molar-refractivity contribution in [3.63, 3.8) is 0 Å². The molecule has 0 spiro atoms. The normalized spacial score (nSPS) is 11.2. The summed E-state index contributed by atoms with van der Waals surface area (Å²) in [4.78, 5) is 25.5. The molecule has 9 heteroatoms. The molecular formula is C20H24N2O6S. The highest BCUT2D eigenvalue weighted by atomic mass is 32.2. The van der Waals surface area contributed by atoms with Crippen LogP contribution in [0.4, 0.5) is 0 Å². The van der Waals surface area contributed by atoms with E-state index in [4.69, 9.17) is 4.74 Å². The standard InChI is InChI=1S/C20H24N2O6S/c1-13(2)15-10-9-14(3)11-17(15)28-12-19(23)21-22-29(25,26)18-8-6-5-7-16(18)20(24)27-4/h5-11,13,22H,12H2,1-4H3,(H,21,23). The van der Waals surface area contributed by atoms with Crippen LogP contribution in [0.3, 0.4) is 0 Å². The van der Waals surface area contributed by atoms with E-state index in [0.717, 1.165) is 18.2 Å². The molecule has 0 saturated heterocycles. The summed E-state index contributed by atoms with van der Waals surface area (Å²) in [5.41, 5.74) is 3.86. The van der Waals surface area contributed by atoms with Gasteiger partial charge in [-0.05, 0) is 42.2 Å². The fraction of sp³-hybridized carbons (Fsp3) is 0.300. The quantitative estimate of drug-likeness (QED) is 0.501. The Bertz CT molecular complexity index is 1000. The van der Waals surface area contributed by atoms with Crippen LogP contribution in [-0.4, -0.2) is 34.0 Å². The zero-order chi connectivity index (χ0) is 21.6. The van der Waals surface area contributed by atoms with Crippen molar-refractivity contribution in [1.29, 1.82) is 0 Å². The number of hydrogen-bond acceptors (Lipinski definition) is 6. The average molecular weight is 420 g/mol. The van der Waals surface area contributed by atoms with Gasteiger partial charge in [0, 0.05) is 0 Å². The van der Waals surface area contributed by atoms with Gasteiger partial charge >= 0.3 is 5.97 Å². The number of aryl methyl sites for hydroxylation is 1. The van der Waals surface area contributed by atoms with E-state index in [1.54, 1.807) is 0 Å². The molecule has 0 saturated carbocycles. The second-order valence-electron chi connectivity index (χ2n) is 6.63. The molecule has 2 N–H and O–H groups in total. The summed E-state index contributed by atoms with van der Waals surface area (Å²) in [5.74, 6) is -0.738. The second kappa shape index (κ2) is 9.53. The molecule has 0 fully saturated rings. The Morgan fingerprint density at radius 3 is 2.45 bits per heavy atom. The Hall–Kier alpha value is -2.91. The maximum Gasteiger partial charge on any atom is 0.339 e. The molecule has 0 heterocycles. The van der Waals surface area contributed by atoms with Crippen LogP contribution < -0.4 is 15.0 Å². The number of amides is 1. The third-order valence-corrected chi connectivity index (χ3v) is 5.36. The molecule has 0 bridgehead atoms. The van der Waals surface area contributed by atoms with Crippen molar-refractivity contribution < 1.29 is 27.5 Å². The molecule has 0 aliphatic rings. The zero-order valence-electron chi connectivity index (χ0n) is 16.7. The van der Waals surface area contributed by atoms with Crippen LogP contribution in [0.25, 0.3) is 0 Å². The number of ether oxygens (including phenoxy) is 2. The molecule has 0 unspecified atom stereocenters. The second-order valence-corrected chi connectivity index (χ2v) is 8.28. The van der Waals surface area contributed by atoms with Crippen molar-refractivity contribution in [3.8, 4) is 5.75 Å². The number of esters is 1. The van der Waals surface area contributed by atoms with E-state index < -0.39 is 21.9 Å². The largest absolute Gasteiger partial charge is 0.483 e. The number of carbonyl (C=O) groups is 2. The minimum atomic E-state index is -4.19. The summed E-state index contributed by atoms with van der Waals surface area (Å²) in [5, 5.41) is 0. The Morgan fingerprint density at radius 1 is 1.10 bits per heavy atom. The predicted octanol–water partition coefficient (Wildman–Crippen LogP) is 2.29. The van der Waals surface area contributed by atoms with E-state index in [2.05, 4.69) is 10.2 Å². The molecule has 0 radical (unpaired) electrons. The number of hydrazine groups is 1. The van der Waals surface area contributed by atoms with E-state index in [9.17, 15) is 18.0 Å². The van der Waals surface area contributed by atoms with Gasteiger partial charge in [0.25, 0.3) is 15.9 Å². The van der Waals surface area contributed by atoms with Crippen LogP contribution in [0, 0.1) is 6.92 Å². The van der Waals surface area contributed by atoms with Gasteiger partial charge in [-0.3, -0.25) is 10.2 Å². The molecule has 0 aromatic heterocycles. The summed E-state index contributed by atoms with van der Waals surface area (Å²) in [6.45, 7) is 5.53. The Balaban J connectivity index is 2.05. The maximum absolute atomic E-state index is 12.5. The van der Waals surface area contributed by atoms with Crippen LogP contribution in [-0.2, 0) is 19.6 Å². The van der Waals surface area contributed by atoms with Gasteiger partial charge in [-0.2, -0.15) is 0 Å². The van der Waals surface area contributed by atoms with Gasteiger partial charge < -0.3 is 9.47 Å². The smallest absolute Gasteiger partial charge is 0.339 e. The molecule has 2 rings (SSSR count). The molecule has 2 aromatic rings. The number of carbonyl (C=O) groups excluding carboxylic acids is 2. The van der Waals surface area contributed by atoms with Crippen LogP contribution in [0.1, 0.15) is 41.3 Å². The first-order valence-corrected chi connectivity index (χ1v) is 10.4. The Morgan fingerprint density at radius 2 is 1.79 bits per heavy atom. The molecule has 0 atom stereocenters. The number of nitrogens with one attached hydrogen (secondary N) is 2. The van der Waals surface area contributed by atoms with E-state index in [-0.39, 0.29) is 23.0 Å². The van der Waals surface area contributed by atoms with Crippen LogP contribution >= 0.6 is 0 Å². The van der Waals surface area contributed by atoms with E-state index in [1.807, 2.05) is 43.8 Å². The predicted molar refractivity (Wildman–Crippen MR) is 107 cm³/mol. The fourth-order valence-electron chi connectivity index (χ4n) is 2.58. The van der Waals surface area contributed by atoms with E-state index in [1.165, 1.54) is 24.3 Å². The van der Waals surface area contributed by atoms with Gasteiger partial charge in [-0.15, -0.1) is 4.83 Å². The molecule has 0 aliphatic carbocycles. The fourth-order valence-corrected chi connectivity index (χ4v) is 3.64. The highest BCUT2D eigenvalue weighted by Gasteiger charge is 2.23. The SMILES string of the molecule is COC(=O)c1ccccc1S(=O)(=O)NNC(=O)COc1cc(C)ccc1C(C)C. The first-order chi connectivity index (χ1) is 13.7. The minimum Gasteiger partial charge on any atom is -0.483 e. The van der Waals surface area contributed by atoms with Crippen molar-refractivity contribution in [2.45, 2.75) is 31.6 Å². The first kappa shape index (κ1) is 22.4. The van der Waals surface area contributed by atoms with Gasteiger partial charge in [0.05, 0.1) is 17.6 Å². The van der Waals surface area contributed by atoms with Gasteiger partial charge in [0.2, 0.25) is 0 Å². The van der Waals surface area contributed by atoms with Crippen molar-refractivity contribution in [2.24, 2.45) is 0 Å². The first-order valence-electron chi connectivity index (χ1n) is 8.87. The zero-order valence-corrected chi connectivity index (χ0v) is 17.5. The van der Waals surface area contributed by atoms with Gasteiger partial charge in [0.1, 0.15) is 5.75 Å². The van der Waals surface area contributed by atoms with Crippen molar-refractivity contribution in [3.05, 3.63) is 59.2 Å². The van der Waals surface area contributed by atoms with Crippen molar-refractivity contribution in [2.75, 3.05) is 13.7 Å². The topological polar surface area (TPSA) is 111 Å². The lowest BCUT2D eigenvalue weighted by Gasteiger charge is -2.15. The molecular weight excluding hydrogens is 396 g/mol. The summed E-state index contributed by atoms with van der Waals surface area (Å²) in [6, 6.07) is 11.2. The van der Waals surface area contributed by atoms with E-state index >= 15 is 0 Å². The number of benzene rings is 2. The molecule has 156 valence electrons. The highest BCUT2D eigenvalue weighted by Crippen LogP contribution is 2.27. The van der Waals surface area contributed by atoms with Gasteiger partial charge in [0.15, 0.2) is 6.61 Å². The number of methoxy groups -OCH3 is 1. The summed E-state index contributed by atoms with van der Waals surface area (Å²) in [7, 11) is -3.04.